The molecule has 2 rings (SSSR count). The number of carbonyl (C=O) groups is 1. The Morgan fingerprint density at radius 3 is 2.61 bits per heavy atom. The summed E-state index contributed by atoms with van der Waals surface area (Å²) in [6.45, 7) is 3.93. The van der Waals surface area contributed by atoms with E-state index in [1.54, 1.807) is 10.9 Å². The highest BCUT2D eigenvalue weighted by molar-refractivity contribution is 5.87. The molecule has 0 aromatic carbocycles. The summed E-state index contributed by atoms with van der Waals surface area (Å²) in [7, 11) is 0. The van der Waals surface area contributed by atoms with Crippen molar-refractivity contribution in [1.29, 1.82) is 0 Å². The van der Waals surface area contributed by atoms with Crippen LogP contribution >= 0.6 is 0 Å². The van der Waals surface area contributed by atoms with Gasteiger partial charge in [-0.05, 0) is 19.9 Å². The van der Waals surface area contributed by atoms with Gasteiger partial charge in [-0.2, -0.15) is 5.10 Å². The molecule has 0 aliphatic heterocycles. The molecule has 0 saturated heterocycles. The fourth-order valence-electron chi connectivity index (χ4n) is 1.55. The van der Waals surface area contributed by atoms with Crippen molar-refractivity contribution in [3.63, 3.8) is 0 Å². The molecule has 0 unspecified atom stereocenters. The first-order chi connectivity index (χ1) is 8.49. The van der Waals surface area contributed by atoms with Gasteiger partial charge < -0.3 is 5.11 Å². The normalized spacial score (nSPS) is 10.8. The third-order valence-electron chi connectivity index (χ3n) is 2.55. The van der Waals surface area contributed by atoms with Crippen molar-refractivity contribution in [1.82, 2.24) is 14.3 Å². The molecule has 6 heteroatoms. The molecule has 6 nitrogen and oxygen atoms in total. The van der Waals surface area contributed by atoms with Crippen LogP contribution in [0.1, 0.15) is 30.2 Å². The minimum atomic E-state index is -1.07. The lowest BCUT2D eigenvalue weighted by Crippen LogP contribution is -2.18. The number of rotatable bonds is 3. The van der Waals surface area contributed by atoms with Gasteiger partial charge in [-0.15, -0.1) is 0 Å². The van der Waals surface area contributed by atoms with Crippen LogP contribution in [-0.4, -0.2) is 25.4 Å². The smallest absolute Gasteiger partial charge is 0.337 e. The second-order valence-corrected chi connectivity index (χ2v) is 4.20. The zero-order valence-corrected chi connectivity index (χ0v) is 10.1. The van der Waals surface area contributed by atoms with Crippen LogP contribution in [0.5, 0.6) is 0 Å². The number of carboxylic acids is 1. The van der Waals surface area contributed by atoms with Gasteiger partial charge >= 0.3 is 5.97 Å². The van der Waals surface area contributed by atoms with Crippen molar-refractivity contribution >= 4 is 5.97 Å². The quantitative estimate of drug-likeness (QED) is 0.887. The fourth-order valence-corrected chi connectivity index (χ4v) is 1.55. The Bertz CT molecular complexity index is 640. The summed E-state index contributed by atoms with van der Waals surface area (Å²) in [5.74, 6) is -1.07. The number of nitrogens with zero attached hydrogens (tertiary/aromatic N) is 3. The van der Waals surface area contributed by atoms with Crippen LogP contribution in [-0.2, 0) is 0 Å². The summed E-state index contributed by atoms with van der Waals surface area (Å²) in [6, 6.07) is 2.70. The highest BCUT2D eigenvalue weighted by Gasteiger charge is 2.09. The van der Waals surface area contributed by atoms with Crippen LogP contribution < -0.4 is 5.56 Å². The lowest BCUT2D eigenvalue weighted by atomic mass is 10.3. The lowest BCUT2D eigenvalue weighted by molar-refractivity contribution is 0.0696. The van der Waals surface area contributed by atoms with E-state index < -0.39 is 5.97 Å². The molecule has 0 spiro atoms. The number of carboxylic acid groups (broad SMARTS) is 1. The zero-order valence-electron chi connectivity index (χ0n) is 10.1. The van der Waals surface area contributed by atoms with Crippen LogP contribution in [0.15, 0.2) is 35.5 Å². The van der Waals surface area contributed by atoms with Crippen LogP contribution in [0.2, 0.25) is 0 Å². The van der Waals surface area contributed by atoms with E-state index in [1.807, 2.05) is 13.8 Å². The van der Waals surface area contributed by atoms with E-state index in [0.29, 0.717) is 5.69 Å². The Kier molecular flexibility index (Phi) is 3.01. The number of aromatic carboxylic acids is 1. The number of aromatic nitrogens is 3. The molecule has 0 saturated carbocycles. The second-order valence-electron chi connectivity index (χ2n) is 4.20. The first-order valence-corrected chi connectivity index (χ1v) is 5.49. The Morgan fingerprint density at radius 2 is 2.06 bits per heavy atom. The summed E-state index contributed by atoms with van der Waals surface area (Å²) in [6.07, 6.45) is 4.54. The fraction of sp³-hybridized carbons (Fsp3) is 0.250. The molecule has 0 radical (unpaired) electrons. The van der Waals surface area contributed by atoms with Crippen LogP contribution in [0.25, 0.3) is 5.69 Å². The van der Waals surface area contributed by atoms with Gasteiger partial charge in [0, 0.05) is 24.5 Å². The maximum Gasteiger partial charge on any atom is 0.337 e. The molecule has 0 aliphatic carbocycles. The largest absolute Gasteiger partial charge is 0.478 e. The minimum absolute atomic E-state index is 0.0619. The molecule has 0 atom stereocenters. The molecule has 0 fully saturated rings. The molecule has 18 heavy (non-hydrogen) atoms. The molecule has 0 amide bonds. The first kappa shape index (κ1) is 12.1. The molecular weight excluding hydrogens is 234 g/mol. The van der Waals surface area contributed by atoms with Gasteiger partial charge in [-0.1, -0.05) is 0 Å². The predicted octanol–water partition coefficient (Wildman–Crippen LogP) is 1.31. The van der Waals surface area contributed by atoms with Gasteiger partial charge in [0.25, 0.3) is 5.56 Å². The van der Waals surface area contributed by atoms with E-state index in [4.69, 9.17) is 5.11 Å². The van der Waals surface area contributed by atoms with Crippen LogP contribution in [0, 0.1) is 0 Å². The van der Waals surface area contributed by atoms with Gasteiger partial charge in [0.05, 0.1) is 17.4 Å². The summed E-state index contributed by atoms with van der Waals surface area (Å²) in [5, 5.41) is 13.0. The maximum atomic E-state index is 11.7. The predicted molar refractivity (Wildman–Crippen MR) is 65.2 cm³/mol. The van der Waals surface area contributed by atoms with Crippen molar-refractivity contribution in [2.75, 3.05) is 0 Å². The van der Waals surface area contributed by atoms with E-state index in [-0.39, 0.29) is 17.2 Å². The van der Waals surface area contributed by atoms with E-state index in [1.165, 1.54) is 29.1 Å². The standard InChI is InChI=1S/C12H13N3O3/c1-8(2)15-7-10(5-13-15)14-6-9(12(17)18)3-4-11(14)16/h3-8H,1-2H3,(H,17,18). The van der Waals surface area contributed by atoms with Crippen LogP contribution in [0.3, 0.4) is 0 Å². The molecule has 94 valence electrons. The van der Waals surface area contributed by atoms with E-state index in [0.717, 1.165) is 0 Å². The van der Waals surface area contributed by atoms with Gasteiger partial charge in [-0.3, -0.25) is 14.0 Å². The topological polar surface area (TPSA) is 77.1 Å². The summed E-state index contributed by atoms with van der Waals surface area (Å²) in [5.41, 5.74) is 0.326. The third-order valence-corrected chi connectivity index (χ3v) is 2.55. The SMILES string of the molecule is CC(C)n1cc(-n2cc(C(=O)O)ccc2=O)cn1. The van der Waals surface area contributed by atoms with Gasteiger partial charge in [0.1, 0.15) is 0 Å². The highest BCUT2D eigenvalue weighted by atomic mass is 16.4. The zero-order chi connectivity index (χ0) is 13.3. The van der Waals surface area contributed by atoms with Crippen molar-refractivity contribution in [2.45, 2.75) is 19.9 Å². The average Bonchev–Trinajstić information content (AvgIpc) is 2.78. The monoisotopic (exact) mass is 247 g/mol. The molecule has 2 heterocycles. The highest BCUT2D eigenvalue weighted by Crippen LogP contribution is 2.09. The molecule has 1 N–H and O–H groups in total. The second kappa shape index (κ2) is 4.48. The van der Waals surface area contributed by atoms with E-state index in [2.05, 4.69) is 5.10 Å². The summed E-state index contributed by atoms with van der Waals surface area (Å²) < 4.78 is 2.98. The first-order valence-electron chi connectivity index (χ1n) is 5.49. The molecule has 0 bridgehead atoms. The van der Waals surface area contributed by atoms with E-state index in [9.17, 15) is 9.59 Å². The minimum Gasteiger partial charge on any atom is -0.478 e. The van der Waals surface area contributed by atoms with Gasteiger partial charge in [0.15, 0.2) is 0 Å². The van der Waals surface area contributed by atoms with Crippen molar-refractivity contribution in [3.8, 4) is 5.69 Å². The molecule has 2 aromatic heterocycles. The average molecular weight is 247 g/mol. The Hall–Kier alpha value is -2.37. The van der Waals surface area contributed by atoms with Crippen molar-refractivity contribution in [3.05, 3.63) is 46.6 Å². The lowest BCUT2D eigenvalue weighted by Gasteiger charge is -2.04. The summed E-state index contributed by atoms with van der Waals surface area (Å²) in [4.78, 5) is 22.6. The van der Waals surface area contributed by atoms with Gasteiger partial charge in [-0.25, -0.2) is 4.79 Å². The molecule has 2 aromatic rings. The Labute approximate surface area is 103 Å². The summed E-state index contributed by atoms with van der Waals surface area (Å²) >= 11 is 0. The van der Waals surface area contributed by atoms with Crippen molar-refractivity contribution < 1.29 is 9.90 Å². The molecular formula is C12H13N3O3. The third kappa shape index (κ3) is 2.17. The number of pyridine rings is 1. The number of hydrogen-bond donors (Lipinski definition) is 1. The van der Waals surface area contributed by atoms with Gasteiger partial charge in [0.2, 0.25) is 0 Å². The Morgan fingerprint density at radius 1 is 1.33 bits per heavy atom. The maximum absolute atomic E-state index is 11.7. The van der Waals surface area contributed by atoms with E-state index >= 15 is 0 Å². The molecule has 0 aliphatic rings. The number of hydrogen-bond acceptors (Lipinski definition) is 3. The Balaban J connectivity index is 2.52. The van der Waals surface area contributed by atoms with Crippen molar-refractivity contribution in [2.24, 2.45) is 0 Å². The van der Waals surface area contributed by atoms with Crippen LogP contribution in [0.4, 0.5) is 0 Å².